The van der Waals surface area contributed by atoms with Crippen LogP contribution in [0.4, 0.5) is 5.69 Å². The number of carbonyl (C=O) groups excluding carboxylic acids is 1. The summed E-state index contributed by atoms with van der Waals surface area (Å²) in [4.78, 5) is 16.6. The van der Waals surface area contributed by atoms with Crippen molar-refractivity contribution in [1.29, 1.82) is 0 Å². The van der Waals surface area contributed by atoms with Crippen molar-refractivity contribution in [3.05, 3.63) is 54.2 Å². The third kappa shape index (κ3) is 3.08. The molecule has 1 aromatic carbocycles. The molecule has 1 aliphatic heterocycles. The van der Waals surface area contributed by atoms with Crippen LogP contribution in [0.5, 0.6) is 5.88 Å². The number of carbonyl (C=O) groups is 1. The number of methoxy groups -OCH3 is 1. The maximum atomic E-state index is 12.5. The fourth-order valence-electron chi connectivity index (χ4n) is 2.55. The smallest absolute Gasteiger partial charge is 0.243 e. The first kappa shape index (κ1) is 14.5. The molecule has 1 amide bonds. The predicted octanol–water partition coefficient (Wildman–Crippen LogP) is 1.29. The summed E-state index contributed by atoms with van der Waals surface area (Å²) < 4.78 is 5.00. The molecule has 0 saturated carbocycles. The highest BCUT2D eigenvalue weighted by Gasteiger charge is 2.33. The zero-order chi connectivity index (χ0) is 15.4. The third-order valence-corrected chi connectivity index (χ3v) is 3.71. The maximum absolute atomic E-state index is 12.5. The second-order valence-electron chi connectivity index (χ2n) is 5.10. The van der Waals surface area contributed by atoms with Gasteiger partial charge in [-0.05, 0) is 11.6 Å². The zero-order valence-electron chi connectivity index (χ0n) is 12.2. The van der Waals surface area contributed by atoms with Crippen molar-refractivity contribution in [3.8, 4) is 5.88 Å². The number of ether oxygens (including phenoxy) is 1. The topological polar surface area (TPSA) is 75.3 Å². The van der Waals surface area contributed by atoms with E-state index in [4.69, 9.17) is 4.74 Å². The lowest BCUT2D eigenvalue weighted by atomic mass is 9.92. The Morgan fingerprint density at radius 3 is 2.77 bits per heavy atom. The number of amides is 1. The number of anilines is 1. The number of rotatable bonds is 4. The van der Waals surface area contributed by atoms with Crippen molar-refractivity contribution >= 4 is 11.6 Å². The molecule has 1 saturated heterocycles. The fraction of sp³-hybridized carbons (Fsp3) is 0.250. The maximum Gasteiger partial charge on any atom is 0.243 e. The molecule has 1 aromatic heterocycles. The van der Waals surface area contributed by atoms with Crippen molar-refractivity contribution in [3.63, 3.8) is 0 Å². The predicted molar refractivity (Wildman–Crippen MR) is 83.5 cm³/mol. The summed E-state index contributed by atoms with van der Waals surface area (Å²) in [6.07, 6.45) is 1.58. The van der Waals surface area contributed by atoms with Crippen LogP contribution in [0.1, 0.15) is 11.5 Å². The van der Waals surface area contributed by atoms with Crippen molar-refractivity contribution in [1.82, 2.24) is 15.8 Å². The molecule has 0 spiro atoms. The molecule has 2 heterocycles. The van der Waals surface area contributed by atoms with Gasteiger partial charge in [-0.25, -0.2) is 10.4 Å². The van der Waals surface area contributed by atoms with Gasteiger partial charge < -0.3 is 10.1 Å². The lowest BCUT2D eigenvalue weighted by Crippen LogP contribution is -2.41. The normalized spacial score (nSPS) is 20.6. The second-order valence-corrected chi connectivity index (χ2v) is 5.10. The van der Waals surface area contributed by atoms with Crippen molar-refractivity contribution in [2.24, 2.45) is 0 Å². The van der Waals surface area contributed by atoms with Crippen molar-refractivity contribution in [2.45, 2.75) is 12.0 Å². The van der Waals surface area contributed by atoms with Gasteiger partial charge in [-0.15, -0.1) is 0 Å². The molecule has 1 aliphatic rings. The van der Waals surface area contributed by atoms with Gasteiger partial charge >= 0.3 is 0 Å². The Hall–Kier alpha value is -2.44. The number of hydrogen-bond acceptors (Lipinski definition) is 5. The van der Waals surface area contributed by atoms with Crippen LogP contribution in [-0.2, 0) is 4.79 Å². The molecule has 3 N–H and O–H groups in total. The monoisotopic (exact) mass is 298 g/mol. The Balaban J connectivity index is 1.70. The highest BCUT2D eigenvalue weighted by atomic mass is 16.5. The molecule has 0 bridgehead atoms. The van der Waals surface area contributed by atoms with Gasteiger partial charge in [0.1, 0.15) is 6.04 Å². The molecule has 6 heteroatoms. The third-order valence-electron chi connectivity index (χ3n) is 3.71. The van der Waals surface area contributed by atoms with Crippen LogP contribution in [0.15, 0.2) is 48.7 Å². The molecule has 1 fully saturated rings. The molecule has 2 aromatic rings. The lowest BCUT2D eigenvalue weighted by molar-refractivity contribution is -0.118. The molecule has 2 unspecified atom stereocenters. The Morgan fingerprint density at radius 2 is 2.09 bits per heavy atom. The van der Waals surface area contributed by atoms with E-state index in [9.17, 15) is 4.79 Å². The number of nitrogens with zero attached hydrogens (tertiary/aromatic N) is 1. The summed E-state index contributed by atoms with van der Waals surface area (Å²) in [5, 5.41) is 2.88. The standard InChI is InChI=1S/C16H18N4O2/c1-22-14-8-7-12(9-17-14)19-16(21)15-13(10-18-20-15)11-5-3-2-4-6-11/h2-9,13,15,18,20H,10H2,1H3,(H,19,21). The number of hydrogen-bond donors (Lipinski definition) is 3. The van der Waals surface area contributed by atoms with Gasteiger partial charge in [0.15, 0.2) is 0 Å². The number of pyridine rings is 1. The summed E-state index contributed by atoms with van der Waals surface area (Å²) in [6, 6.07) is 13.2. The number of aromatic nitrogens is 1. The Bertz CT molecular complexity index is 630. The average Bonchev–Trinajstić information content (AvgIpc) is 3.06. The van der Waals surface area contributed by atoms with E-state index in [1.54, 1.807) is 25.4 Å². The first-order valence-electron chi connectivity index (χ1n) is 7.12. The molecular weight excluding hydrogens is 280 g/mol. The largest absolute Gasteiger partial charge is 0.481 e. The summed E-state index contributed by atoms with van der Waals surface area (Å²) in [5.41, 5.74) is 7.88. The van der Waals surface area contributed by atoms with Gasteiger partial charge in [-0.1, -0.05) is 30.3 Å². The van der Waals surface area contributed by atoms with E-state index in [-0.39, 0.29) is 17.9 Å². The van der Waals surface area contributed by atoms with Crippen molar-refractivity contribution in [2.75, 3.05) is 19.0 Å². The summed E-state index contributed by atoms with van der Waals surface area (Å²) in [6.45, 7) is 0.711. The molecule has 114 valence electrons. The summed E-state index contributed by atoms with van der Waals surface area (Å²) in [7, 11) is 1.55. The van der Waals surface area contributed by atoms with E-state index in [0.29, 0.717) is 18.1 Å². The highest BCUT2D eigenvalue weighted by molar-refractivity contribution is 5.95. The van der Waals surface area contributed by atoms with Gasteiger partial charge in [0.05, 0.1) is 19.0 Å². The lowest BCUT2D eigenvalue weighted by Gasteiger charge is -2.18. The Labute approximate surface area is 128 Å². The Morgan fingerprint density at radius 1 is 1.27 bits per heavy atom. The van der Waals surface area contributed by atoms with Crippen LogP contribution in [0, 0.1) is 0 Å². The van der Waals surface area contributed by atoms with E-state index >= 15 is 0 Å². The quantitative estimate of drug-likeness (QED) is 0.793. The van der Waals surface area contributed by atoms with Crippen LogP contribution in [0.2, 0.25) is 0 Å². The zero-order valence-corrected chi connectivity index (χ0v) is 12.2. The van der Waals surface area contributed by atoms with Crippen LogP contribution >= 0.6 is 0 Å². The van der Waals surface area contributed by atoms with E-state index in [1.165, 1.54) is 0 Å². The molecule has 3 rings (SSSR count). The first-order chi connectivity index (χ1) is 10.8. The van der Waals surface area contributed by atoms with E-state index < -0.39 is 0 Å². The van der Waals surface area contributed by atoms with Crippen LogP contribution in [-0.4, -0.2) is 30.6 Å². The fourth-order valence-corrected chi connectivity index (χ4v) is 2.55. The second kappa shape index (κ2) is 6.55. The van der Waals surface area contributed by atoms with E-state index in [0.717, 1.165) is 5.56 Å². The van der Waals surface area contributed by atoms with Gasteiger partial charge in [0.2, 0.25) is 11.8 Å². The van der Waals surface area contributed by atoms with E-state index in [1.807, 2.05) is 30.3 Å². The average molecular weight is 298 g/mol. The highest BCUT2D eigenvalue weighted by Crippen LogP contribution is 2.23. The number of hydrazine groups is 1. The number of nitrogens with one attached hydrogen (secondary N) is 3. The number of benzene rings is 1. The van der Waals surface area contributed by atoms with Crippen molar-refractivity contribution < 1.29 is 9.53 Å². The SMILES string of the molecule is COc1ccc(NC(=O)C2NNCC2c2ccccc2)cn1. The van der Waals surface area contributed by atoms with Crippen LogP contribution in [0.3, 0.4) is 0 Å². The van der Waals surface area contributed by atoms with Crippen LogP contribution < -0.4 is 20.9 Å². The molecule has 0 aliphatic carbocycles. The van der Waals surface area contributed by atoms with Gasteiger partial charge in [0.25, 0.3) is 0 Å². The Kier molecular flexibility index (Phi) is 4.32. The molecule has 0 radical (unpaired) electrons. The molecular formula is C16H18N4O2. The summed E-state index contributed by atoms with van der Waals surface area (Å²) in [5.74, 6) is 0.513. The van der Waals surface area contributed by atoms with Gasteiger partial charge in [-0.2, -0.15) is 0 Å². The molecule has 22 heavy (non-hydrogen) atoms. The van der Waals surface area contributed by atoms with Gasteiger partial charge in [0, 0.05) is 18.5 Å². The van der Waals surface area contributed by atoms with Gasteiger partial charge in [-0.3, -0.25) is 10.2 Å². The van der Waals surface area contributed by atoms with Crippen LogP contribution in [0.25, 0.3) is 0 Å². The minimum absolute atomic E-state index is 0.0902. The minimum Gasteiger partial charge on any atom is -0.481 e. The summed E-state index contributed by atoms with van der Waals surface area (Å²) >= 11 is 0. The molecule has 6 nitrogen and oxygen atoms in total. The first-order valence-corrected chi connectivity index (χ1v) is 7.12. The minimum atomic E-state index is -0.329. The van der Waals surface area contributed by atoms with E-state index in [2.05, 4.69) is 21.2 Å². The molecule has 2 atom stereocenters.